The number of amides is 1. The third kappa shape index (κ3) is 6.05. The number of halogens is 1. The maximum Gasteiger partial charge on any atom is 0.272 e. The molecule has 3 rings (SSSR count). The monoisotopic (exact) mass is 535 g/mol. The fourth-order valence-electron chi connectivity index (χ4n) is 4.14. The van der Waals surface area contributed by atoms with E-state index >= 15 is 0 Å². The minimum atomic E-state index is -0.499. The summed E-state index contributed by atoms with van der Waals surface area (Å²) in [6.45, 7) is 6.75. The van der Waals surface area contributed by atoms with Crippen LogP contribution in [0.15, 0.2) is 63.9 Å². The van der Waals surface area contributed by atoms with Crippen molar-refractivity contribution in [3.63, 3.8) is 0 Å². The minimum absolute atomic E-state index is 0.0138. The van der Waals surface area contributed by atoms with Crippen molar-refractivity contribution in [1.82, 2.24) is 14.5 Å². The fourth-order valence-corrected chi connectivity index (χ4v) is 4.40. The highest BCUT2D eigenvalue weighted by molar-refractivity contribution is 9.10. The van der Waals surface area contributed by atoms with Crippen LogP contribution in [0, 0.1) is 24.2 Å². The van der Waals surface area contributed by atoms with E-state index in [0.717, 1.165) is 10.0 Å². The van der Waals surface area contributed by atoms with Crippen LogP contribution < -0.4 is 11.3 Å². The Morgan fingerprint density at radius 3 is 2.40 bits per heavy atom. The van der Waals surface area contributed by atoms with E-state index in [1.165, 1.54) is 4.57 Å². The number of aromatic nitrogens is 2. The standard InChI is InChI=1S/C27H30BrN5O2/c1-18(2)24(32(15-7-14-29)26(34)21-10-12-22(28)13-11-21)25-31-19(3)23(16-30)27(35)33(25)17-20-8-5-4-6-9-20/h4-6,8-13,18,24H,7,14-15,17,29H2,1-3H3. The first-order valence-electron chi connectivity index (χ1n) is 11.6. The van der Waals surface area contributed by atoms with E-state index in [1.54, 1.807) is 24.0 Å². The lowest BCUT2D eigenvalue weighted by Gasteiger charge is -2.35. The van der Waals surface area contributed by atoms with Crippen LogP contribution in [-0.2, 0) is 6.54 Å². The van der Waals surface area contributed by atoms with Gasteiger partial charge in [-0.25, -0.2) is 4.98 Å². The molecule has 1 atom stereocenters. The smallest absolute Gasteiger partial charge is 0.272 e. The first kappa shape index (κ1) is 26.3. The molecule has 1 aromatic heterocycles. The molecule has 3 aromatic rings. The highest BCUT2D eigenvalue weighted by atomic mass is 79.9. The number of aryl methyl sites for hydroxylation is 1. The number of hydrogen-bond acceptors (Lipinski definition) is 5. The van der Waals surface area contributed by atoms with E-state index in [0.29, 0.717) is 36.6 Å². The van der Waals surface area contributed by atoms with Crippen molar-refractivity contribution < 1.29 is 4.79 Å². The molecular weight excluding hydrogens is 506 g/mol. The summed E-state index contributed by atoms with van der Waals surface area (Å²) < 4.78 is 2.42. The van der Waals surface area contributed by atoms with Gasteiger partial charge in [0.25, 0.3) is 11.5 Å². The number of carbonyl (C=O) groups excluding carboxylic acids is 1. The van der Waals surface area contributed by atoms with Gasteiger partial charge in [-0.05, 0) is 55.6 Å². The Bertz CT molecular complexity index is 1260. The van der Waals surface area contributed by atoms with Crippen LogP contribution in [0.25, 0.3) is 0 Å². The second-order valence-electron chi connectivity index (χ2n) is 8.76. The van der Waals surface area contributed by atoms with Crippen molar-refractivity contribution in [1.29, 1.82) is 5.26 Å². The molecule has 35 heavy (non-hydrogen) atoms. The van der Waals surface area contributed by atoms with Crippen molar-refractivity contribution >= 4 is 21.8 Å². The maximum atomic E-state index is 13.7. The Morgan fingerprint density at radius 1 is 1.17 bits per heavy atom. The summed E-state index contributed by atoms with van der Waals surface area (Å²) in [6, 6.07) is 18.3. The van der Waals surface area contributed by atoms with Crippen molar-refractivity contribution in [2.24, 2.45) is 11.7 Å². The topological polar surface area (TPSA) is 105 Å². The summed E-state index contributed by atoms with van der Waals surface area (Å²) >= 11 is 3.42. The molecule has 2 N–H and O–H groups in total. The molecule has 182 valence electrons. The van der Waals surface area contributed by atoms with Gasteiger partial charge in [-0.1, -0.05) is 60.1 Å². The van der Waals surface area contributed by atoms with E-state index in [1.807, 2.05) is 62.4 Å². The molecule has 1 amide bonds. The Balaban J connectivity index is 2.21. The van der Waals surface area contributed by atoms with Crippen LogP contribution in [-0.4, -0.2) is 33.4 Å². The normalized spacial score (nSPS) is 11.8. The molecule has 0 saturated heterocycles. The van der Waals surface area contributed by atoms with E-state index in [9.17, 15) is 14.9 Å². The molecule has 1 unspecified atom stereocenters. The van der Waals surface area contributed by atoms with Crippen LogP contribution in [0.3, 0.4) is 0 Å². The summed E-state index contributed by atoms with van der Waals surface area (Å²) in [6.07, 6.45) is 0.601. The van der Waals surface area contributed by atoms with Crippen LogP contribution in [0.1, 0.15) is 59.3 Å². The molecule has 0 bridgehead atoms. The number of rotatable bonds is 9. The Labute approximate surface area is 214 Å². The van der Waals surface area contributed by atoms with Gasteiger partial charge < -0.3 is 10.6 Å². The lowest BCUT2D eigenvalue weighted by Crippen LogP contribution is -2.43. The van der Waals surface area contributed by atoms with Gasteiger partial charge in [0.15, 0.2) is 0 Å². The van der Waals surface area contributed by atoms with Gasteiger partial charge in [-0.3, -0.25) is 14.2 Å². The van der Waals surface area contributed by atoms with Crippen molar-refractivity contribution in [2.45, 2.75) is 39.8 Å². The highest BCUT2D eigenvalue weighted by Crippen LogP contribution is 2.30. The zero-order valence-electron chi connectivity index (χ0n) is 20.2. The van der Waals surface area contributed by atoms with Gasteiger partial charge in [0, 0.05) is 16.6 Å². The van der Waals surface area contributed by atoms with Crippen LogP contribution in [0.2, 0.25) is 0 Å². The predicted octanol–water partition coefficient (Wildman–Crippen LogP) is 4.42. The zero-order valence-corrected chi connectivity index (χ0v) is 21.8. The molecule has 0 fully saturated rings. The van der Waals surface area contributed by atoms with Crippen LogP contribution in [0.5, 0.6) is 0 Å². The third-order valence-corrected chi connectivity index (χ3v) is 6.39. The lowest BCUT2D eigenvalue weighted by molar-refractivity contribution is 0.0601. The Kier molecular flexibility index (Phi) is 8.96. The Hall–Kier alpha value is -3.28. The molecule has 0 spiro atoms. The molecule has 0 aliphatic rings. The van der Waals surface area contributed by atoms with Gasteiger partial charge in [0.05, 0.1) is 18.3 Å². The molecule has 1 heterocycles. The number of hydrogen-bond donors (Lipinski definition) is 1. The van der Waals surface area contributed by atoms with E-state index < -0.39 is 11.6 Å². The van der Waals surface area contributed by atoms with E-state index in [4.69, 9.17) is 10.7 Å². The molecular formula is C27H30BrN5O2. The van der Waals surface area contributed by atoms with Gasteiger partial charge in [0.2, 0.25) is 0 Å². The van der Waals surface area contributed by atoms with Gasteiger partial charge in [-0.15, -0.1) is 0 Å². The van der Waals surface area contributed by atoms with Crippen molar-refractivity contribution in [3.8, 4) is 6.07 Å². The van der Waals surface area contributed by atoms with Crippen molar-refractivity contribution in [3.05, 3.63) is 97.6 Å². The number of nitrogens with two attached hydrogens (primary N) is 1. The van der Waals surface area contributed by atoms with Crippen LogP contribution in [0.4, 0.5) is 0 Å². The van der Waals surface area contributed by atoms with Crippen LogP contribution >= 0.6 is 15.9 Å². The summed E-state index contributed by atoms with van der Waals surface area (Å²) in [5.41, 5.74) is 7.23. The predicted molar refractivity (Wildman–Crippen MR) is 140 cm³/mol. The molecule has 0 aliphatic heterocycles. The summed E-state index contributed by atoms with van der Waals surface area (Å²) in [5, 5.41) is 9.63. The Morgan fingerprint density at radius 2 is 1.83 bits per heavy atom. The summed E-state index contributed by atoms with van der Waals surface area (Å²) in [4.78, 5) is 33.7. The fraction of sp³-hybridized carbons (Fsp3) is 0.333. The molecule has 8 heteroatoms. The second-order valence-corrected chi connectivity index (χ2v) is 9.67. The second kappa shape index (κ2) is 11.9. The molecule has 2 aromatic carbocycles. The number of nitriles is 1. The number of nitrogens with zero attached hydrogens (tertiary/aromatic N) is 4. The van der Waals surface area contributed by atoms with Gasteiger partial charge >= 0.3 is 0 Å². The first-order chi connectivity index (χ1) is 16.8. The maximum absolute atomic E-state index is 13.7. The zero-order chi connectivity index (χ0) is 25.5. The quantitative estimate of drug-likeness (QED) is 0.436. The van der Waals surface area contributed by atoms with Gasteiger partial charge in [-0.2, -0.15) is 5.26 Å². The van der Waals surface area contributed by atoms with E-state index in [2.05, 4.69) is 15.9 Å². The largest absolute Gasteiger partial charge is 0.330 e. The average Bonchev–Trinajstić information content (AvgIpc) is 2.84. The average molecular weight is 536 g/mol. The minimum Gasteiger partial charge on any atom is -0.330 e. The molecule has 7 nitrogen and oxygen atoms in total. The molecule has 0 saturated carbocycles. The summed E-state index contributed by atoms with van der Waals surface area (Å²) in [5.74, 6) is 0.244. The van der Waals surface area contributed by atoms with Gasteiger partial charge in [0.1, 0.15) is 17.5 Å². The molecule has 0 aliphatic carbocycles. The third-order valence-electron chi connectivity index (χ3n) is 5.86. The van der Waals surface area contributed by atoms with E-state index in [-0.39, 0.29) is 23.9 Å². The SMILES string of the molecule is Cc1nc(C(C(C)C)N(CCCN)C(=O)c2ccc(Br)cc2)n(Cc2ccccc2)c(=O)c1C#N. The number of carbonyl (C=O) groups is 1. The highest BCUT2D eigenvalue weighted by Gasteiger charge is 2.33. The lowest BCUT2D eigenvalue weighted by atomic mass is 9.98. The van der Waals surface area contributed by atoms with Crippen molar-refractivity contribution in [2.75, 3.05) is 13.1 Å². The first-order valence-corrected chi connectivity index (χ1v) is 12.4. The summed E-state index contributed by atoms with van der Waals surface area (Å²) in [7, 11) is 0. The molecule has 0 radical (unpaired) electrons. The number of benzene rings is 2.